The fourth-order valence-electron chi connectivity index (χ4n) is 3.15. The first-order valence-corrected chi connectivity index (χ1v) is 10.3. The van der Waals surface area contributed by atoms with E-state index in [0.29, 0.717) is 0 Å². The molecule has 0 aliphatic heterocycles. The van der Waals surface area contributed by atoms with Crippen molar-refractivity contribution in [3.05, 3.63) is 114 Å². The van der Waals surface area contributed by atoms with Gasteiger partial charge in [0.1, 0.15) is 6.04 Å². The van der Waals surface area contributed by atoms with Gasteiger partial charge < -0.3 is 17.6 Å². The van der Waals surface area contributed by atoms with Gasteiger partial charge in [0.2, 0.25) is 0 Å². The van der Waals surface area contributed by atoms with Gasteiger partial charge in [-0.3, -0.25) is 5.32 Å². The zero-order valence-corrected chi connectivity index (χ0v) is 21.3. The van der Waals surface area contributed by atoms with Crippen molar-refractivity contribution >= 4 is 0 Å². The summed E-state index contributed by atoms with van der Waals surface area (Å²) in [4.78, 5) is 0. The second-order valence-electron chi connectivity index (χ2n) is 7.40. The Bertz CT molecular complexity index is 891. The second-order valence-corrected chi connectivity index (χ2v) is 7.40. The SMILES string of the molecule is C.CC(Cc1ccccc1)NC(C#N)c1ccccc1.CC(N)Cc1ccccc1.[C-]#N.[Na+]. The number of nitriles is 1. The summed E-state index contributed by atoms with van der Waals surface area (Å²) in [6, 6.07) is 33.1. The predicted octanol–water partition coefficient (Wildman–Crippen LogP) is 2.78. The van der Waals surface area contributed by atoms with Gasteiger partial charge >= 0.3 is 29.6 Å². The number of hydrogen-bond donors (Lipinski definition) is 2. The molecular weight excluding hydrogens is 415 g/mol. The van der Waals surface area contributed by atoms with E-state index in [1.165, 1.54) is 11.1 Å². The quantitative estimate of drug-likeness (QED) is 0.428. The molecule has 4 nitrogen and oxygen atoms in total. The van der Waals surface area contributed by atoms with Crippen molar-refractivity contribution in [2.75, 3.05) is 0 Å². The van der Waals surface area contributed by atoms with Gasteiger partial charge in [-0.2, -0.15) is 5.26 Å². The van der Waals surface area contributed by atoms with Gasteiger partial charge in [-0.25, -0.2) is 0 Å². The molecule has 0 saturated carbocycles. The van der Waals surface area contributed by atoms with Gasteiger partial charge in [0.05, 0.1) is 6.07 Å². The van der Waals surface area contributed by atoms with Crippen LogP contribution in [0.1, 0.15) is 44.0 Å². The Kier molecular flexibility index (Phi) is 20.0. The molecule has 0 aromatic heterocycles. The summed E-state index contributed by atoms with van der Waals surface area (Å²) >= 11 is 0. The topological polar surface area (TPSA) is 85.6 Å². The number of nitrogens with one attached hydrogen (secondary N) is 1. The van der Waals surface area contributed by atoms with Crippen molar-refractivity contribution in [2.45, 2.75) is 52.2 Å². The molecule has 0 saturated heterocycles. The summed E-state index contributed by atoms with van der Waals surface area (Å²) in [5.74, 6) is 0. The minimum Gasteiger partial charge on any atom is -0.512 e. The van der Waals surface area contributed by atoms with Crippen LogP contribution in [0, 0.1) is 23.2 Å². The molecule has 0 amide bonds. The first-order chi connectivity index (χ1) is 15.1. The Balaban J connectivity index is 0. The molecule has 3 aromatic rings. The van der Waals surface area contributed by atoms with Gasteiger partial charge in [-0.15, -0.1) is 0 Å². The number of hydrogen-bond acceptors (Lipinski definition) is 4. The number of nitrogens with two attached hydrogens (primary N) is 1. The summed E-state index contributed by atoms with van der Waals surface area (Å²) < 4.78 is 0. The van der Waals surface area contributed by atoms with Crippen molar-refractivity contribution in [1.29, 1.82) is 10.5 Å². The van der Waals surface area contributed by atoms with E-state index < -0.39 is 0 Å². The molecule has 3 atom stereocenters. The first-order valence-electron chi connectivity index (χ1n) is 10.3. The van der Waals surface area contributed by atoms with Crippen LogP contribution in [0.25, 0.3) is 0 Å². The molecule has 0 bridgehead atoms. The van der Waals surface area contributed by atoms with Crippen LogP contribution < -0.4 is 40.6 Å². The van der Waals surface area contributed by atoms with Gasteiger partial charge in [-0.1, -0.05) is 98.4 Å². The Morgan fingerprint density at radius 1 is 0.788 bits per heavy atom. The van der Waals surface area contributed by atoms with E-state index >= 15 is 0 Å². The number of nitrogens with zero attached hydrogens (tertiary/aromatic N) is 2. The maximum absolute atomic E-state index is 9.28. The monoisotopic (exact) mass is 450 g/mol. The summed E-state index contributed by atoms with van der Waals surface area (Å²) in [6.07, 6.45) is 1.90. The number of rotatable bonds is 7. The average molecular weight is 451 g/mol. The zero-order valence-electron chi connectivity index (χ0n) is 19.3. The van der Waals surface area contributed by atoms with Crippen LogP contribution in [0.3, 0.4) is 0 Å². The largest absolute Gasteiger partial charge is 1.00 e. The van der Waals surface area contributed by atoms with Crippen LogP contribution in [0.5, 0.6) is 0 Å². The summed E-state index contributed by atoms with van der Waals surface area (Å²) in [5, 5.41) is 18.9. The molecule has 3 aromatic carbocycles. The third kappa shape index (κ3) is 14.3. The molecule has 33 heavy (non-hydrogen) atoms. The van der Waals surface area contributed by atoms with Gasteiger partial charge in [0, 0.05) is 12.1 Å². The molecule has 168 valence electrons. The molecule has 0 aliphatic carbocycles. The Labute approximate surface area is 222 Å². The van der Waals surface area contributed by atoms with Crippen molar-refractivity contribution in [3.8, 4) is 6.07 Å². The van der Waals surface area contributed by atoms with Crippen LogP contribution in [0.4, 0.5) is 0 Å². The Morgan fingerprint density at radius 2 is 1.18 bits per heavy atom. The molecule has 3 unspecified atom stereocenters. The molecule has 3 rings (SSSR count). The van der Waals surface area contributed by atoms with Gasteiger partial charge in [0.15, 0.2) is 0 Å². The molecule has 5 heteroatoms. The molecule has 0 aliphatic rings. The van der Waals surface area contributed by atoms with Crippen LogP contribution in [-0.4, -0.2) is 12.1 Å². The van der Waals surface area contributed by atoms with Crippen LogP contribution in [-0.2, 0) is 12.8 Å². The van der Waals surface area contributed by atoms with E-state index in [1.54, 1.807) is 0 Å². The summed E-state index contributed by atoms with van der Waals surface area (Å²) in [6.45, 7) is 8.88. The van der Waals surface area contributed by atoms with E-state index in [0.717, 1.165) is 18.4 Å². The Hall–Kier alpha value is -2.44. The Morgan fingerprint density at radius 3 is 1.58 bits per heavy atom. The molecule has 0 fully saturated rings. The van der Waals surface area contributed by atoms with Crippen LogP contribution >= 0.6 is 0 Å². The van der Waals surface area contributed by atoms with E-state index in [1.807, 2.05) is 73.7 Å². The average Bonchev–Trinajstić information content (AvgIpc) is 2.81. The van der Waals surface area contributed by atoms with Gasteiger partial charge in [0.25, 0.3) is 0 Å². The minimum atomic E-state index is -0.250. The fourth-order valence-corrected chi connectivity index (χ4v) is 3.15. The zero-order chi connectivity index (χ0) is 22.9. The van der Waals surface area contributed by atoms with E-state index in [2.05, 4.69) is 42.6 Å². The molecular formula is C28H35N4Na. The standard InChI is InChI=1S/C17H18N2.C9H13N.CN.CH4.Na/c1-14(12-15-8-4-2-5-9-15)19-17(13-18)16-10-6-3-7-11-16;1-8(10)7-9-5-3-2-4-6-9;1-2;;/h2-11,14,17,19H,12H2,1H3;2-6,8H,7,10H2,1H3;;1H4;/q;;-1;;+1. The van der Waals surface area contributed by atoms with Crippen molar-refractivity contribution in [3.63, 3.8) is 0 Å². The smallest absolute Gasteiger partial charge is 0.512 e. The van der Waals surface area contributed by atoms with Crippen molar-refractivity contribution in [1.82, 2.24) is 5.32 Å². The third-order valence-corrected chi connectivity index (χ3v) is 4.50. The van der Waals surface area contributed by atoms with Crippen molar-refractivity contribution < 1.29 is 29.6 Å². The molecule has 0 heterocycles. The molecule has 0 spiro atoms. The summed E-state index contributed by atoms with van der Waals surface area (Å²) in [5.41, 5.74) is 9.24. The van der Waals surface area contributed by atoms with Crippen molar-refractivity contribution in [2.24, 2.45) is 5.73 Å². The third-order valence-electron chi connectivity index (χ3n) is 4.50. The second kappa shape index (κ2) is 20.2. The fraction of sp³-hybridized carbons (Fsp3) is 0.286. The maximum Gasteiger partial charge on any atom is 1.00 e. The molecule has 3 N–H and O–H groups in total. The van der Waals surface area contributed by atoms with Gasteiger partial charge in [-0.05, 0) is 43.4 Å². The van der Waals surface area contributed by atoms with E-state index in [4.69, 9.17) is 17.6 Å². The predicted molar refractivity (Wildman–Crippen MR) is 133 cm³/mol. The summed E-state index contributed by atoms with van der Waals surface area (Å²) in [7, 11) is 0. The molecule has 0 radical (unpaired) electrons. The first kappa shape index (κ1) is 32.7. The maximum atomic E-state index is 9.28. The van der Waals surface area contributed by atoms with E-state index in [-0.39, 0.29) is 55.1 Å². The van der Waals surface area contributed by atoms with E-state index in [9.17, 15) is 5.26 Å². The minimum absolute atomic E-state index is 0. The van der Waals surface area contributed by atoms with Crippen LogP contribution in [0.15, 0.2) is 91.0 Å². The number of benzene rings is 3. The van der Waals surface area contributed by atoms with Crippen LogP contribution in [0.2, 0.25) is 0 Å². The normalized spacial score (nSPS) is 11.8.